The summed E-state index contributed by atoms with van der Waals surface area (Å²) in [5.74, 6) is 0.638. The molecule has 22 heavy (non-hydrogen) atoms. The molecule has 0 fully saturated rings. The maximum atomic E-state index is 5.95. The Bertz CT molecular complexity index is 937. The Labute approximate surface area is 127 Å². The number of fused-ring (bicyclic) bond motifs is 1. The lowest BCUT2D eigenvalue weighted by molar-refractivity contribution is 0.617. The van der Waals surface area contributed by atoms with Gasteiger partial charge in [-0.3, -0.25) is 4.57 Å². The summed E-state index contributed by atoms with van der Waals surface area (Å²) in [7, 11) is 0. The maximum absolute atomic E-state index is 5.95. The van der Waals surface area contributed by atoms with Crippen molar-refractivity contribution in [3.05, 3.63) is 60.2 Å². The summed E-state index contributed by atoms with van der Waals surface area (Å²) in [6, 6.07) is 12.2. The van der Waals surface area contributed by atoms with Crippen LogP contribution in [0.25, 0.3) is 28.2 Å². The molecule has 4 aromatic rings. The van der Waals surface area contributed by atoms with E-state index in [4.69, 9.17) is 4.42 Å². The van der Waals surface area contributed by atoms with Gasteiger partial charge in [0, 0.05) is 5.56 Å². The van der Waals surface area contributed by atoms with Crippen LogP contribution in [0.15, 0.2) is 53.5 Å². The molecule has 0 saturated carbocycles. The van der Waals surface area contributed by atoms with E-state index < -0.39 is 0 Å². The highest BCUT2D eigenvalue weighted by Crippen LogP contribution is 2.28. The first-order valence-corrected chi connectivity index (χ1v) is 7.04. The van der Waals surface area contributed by atoms with Crippen molar-refractivity contribution in [1.29, 1.82) is 0 Å². The van der Waals surface area contributed by atoms with Crippen molar-refractivity contribution in [3.8, 4) is 17.1 Å². The predicted octanol–water partition coefficient (Wildman–Crippen LogP) is 3.69. The zero-order valence-corrected chi connectivity index (χ0v) is 12.3. The molecule has 0 aliphatic heterocycles. The van der Waals surface area contributed by atoms with Gasteiger partial charge >= 0.3 is 0 Å². The van der Waals surface area contributed by atoms with Gasteiger partial charge in [-0.1, -0.05) is 17.7 Å². The van der Waals surface area contributed by atoms with Gasteiger partial charge < -0.3 is 4.42 Å². The third-order valence-electron chi connectivity index (χ3n) is 3.68. The van der Waals surface area contributed by atoms with Crippen molar-refractivity contribution >= 4 is 11.1 Å². The number of rotatable bonds is 2. The van der Waals surface area contributed by atoms with Crippen molar-refractivity contribution in [3.63, 3.8) is 0 Å². The molecule has 0 unspecified atom stereocenters. The SMILES string of the molecule is Cc1ccc(-c2nc3cc(-n4cnnc4)cc(C)c3o2)cc1. The molecule has 0 aliphatic rings. The van der Waals surface area contributed by atoms with E-state index in [1.807, 2.05) is 35.8 Å². The molecule has 0 aliphatic carbocycles. The van der Waals surface area contributed by atoms with Gasteiger partial charge in [-0.2, -0.15) is 0 Å². The summed E-state index contributed by atoms with van der Waals surface area (Å²) in [5, 5.41) is 7.68. The second-order valence-corrected chi connectivity index (χ2v) is 5.37. The van der Waals surface area contributed by atoms with Crippen LogP contribution in [0, 0.1) is 13.8 Å². The van der Waals surface area contributed by atoms with E-state index >= 15 is 0 Å². The number of aromatic nitrogens is 4. The molecule has 0 radical (unpaired) electrons. The molecule has 2 aromatic carbocycles. The Morgan fingerprint density at radius 2 is 1.68 bits per heavy atom. The van der Waals surface area contributed by atoms with Gasteiger partial charge in [-0.15, -0.1) is 10.2 Å². The number of hydrogen-bond donors (Lipinski definition) is 0. The molecule has 0 amide bonds. The monoisotopic (exact) mass is 290 g/mol. The van der Waals surface area contributed by atoms with Gasteiger partial charge in [0.25, 0.3) is 0 Å². The van der Waals surface area contributed by atoms with E-state index in [1.165, 1.54) is 5.56 Å². The molecule has 5 nitrogen and oxygen atoms in total. The molecule has 2 heterocycles. The zero-order chi connectivity index (χ0) is 15.1. The van der Waals surface area contributed by atoms with Gasteiger partial charge in [0.2, 0.25) is 5.89 Å². The maximum Gasteiger partial charge on any atom is 0.227 e. The van der Waals surface area contributed by atoms with Crippen molar-refractivity contribution < 1.29 is 4.42 Å². The van der Waals surface area contributed by atoms with Crippen LogP contribution in [0.1, 0.15) is 11.1 Å². The fraction of sp³-hybridized carbons (Fsp3) is 0.118. The van der Waals surface area contributed by atoms with Gasteiger partial charge in [0.05, 0.1) is 5.69 Å². The summed E-state index contributed by atoms with van der Waals surface area (Å²) in [4.78, 5) is 4.62. The number of hydrogen-bond acceptors (Lipinski definition) is 4. The van der Waals surface area contributed by atoms with Crippen LogP contribution in [-0.2, 0) is 0 Å². The molecule has 0 bridgehead atoms. The Morgan fingerprint density at radius 3 is 2.41 bits per heavy atom. The van der Waals surface area contributed by atoms with Crippen LogP contribution < -0.4 is 0 Å². The number of nitrogens with zero attached hydrogens (tertiary/aromatic N) is 4. The highest BCUT2D eigenvalue weighted by molar-refractivity contribution is 5.81. The minimum atomic E-state index is 0.638. The third kappa shape index (κ3) is 2.07. The van der Waals surface area contributed by atoms with Crippen LogP contribution in [-0.4, -0.2) is 19.7 Å². The first-order valence-electron chi connectivity index (χ1n) is 7.04. The Balaban J connectivity index is 1.87. The minimum Gasteiger partial charge on any atom is -0.436 e. The van der Waals surface area contributed by atoms with Crippen LogP contribution in [0.4, 0.5) is 0 Å². The van der Waals surface area contributed by atoms with E-state index in [0.29, 0.717) is 5.89 Å². The van der Waals surface area contributed by atoms with Crippen molar-refractivity contribution in [1.82, 2.24) is 19.7 Å². The first-order chi connectivity index (χ1) is 10.7. The van der Waals surface area contributed by atoms with Gasteiger partial charge in [-0.05, 0) is 43.7 Å². The minimum absolute atomic E-state index is 0.638. The van der Waals surface area contributed by atoms with Crippen molar-refractivity contribution in [2.75, 3.05) is 0 Å². The molecule has 4 rings (SSSR count). The Hall–Kier alpha value is -2.95. The molecule has 0 N–H and O–H groups in total. The number of oxazole rings is 1. The molecule has 0 spiro atoms. The molecule has 0 atom stereocenters. The number of aryl methyl sites for hydroxylation is 2. The molecular weight excluding hydrogens is 276 g/mol. The lowest BCUT2D eigenvalue weighted by Crippen LogP contribution is -1.91. The lowest BCUT2D eigenvalue weighted by Gasteiger charge is -2.02. The fourth-order valence-electron chi connectivity index (χ4n) is 2.48. The van der Waals surface area contributed by atoms with Crippen molar-refractivity contribution in [2.45, 2.75) is 13.8 Å². The topological polar surface area (TPSA) is 56.7 Å². The van der Waals surface area contributed by atoms with Gasteiger partial charge in [0.15, 0.2) is 5.58 Å². The van der Waals surface area contributed by atoms with Crippen LogP contribution in [0.3, 0.4) is 0 Å². The van der Waals surface area contributed by atoms with Crippen molar-refractivity contribution in [2.24, 2.45) is 0 Å². The van der Waals surface area contributed by atoms with E-state index in [0.717, 1.165) is 27.9 Å². The normalized spacial score (nSPS) is 11.2. The third-order valence-corrected chi connectivity index (χ3v) is 3.68. The standard InChI is InChI=1S/C17H14N4O/c1-11-3-5-13(6-4-11)17-20-15-8-14(21-9-18-19-10-21)7-12(2)16(15)22-17/h3-10H,1-2H3. The second kappa shape index (κ2) is 4.80. The highest BCUT2D eigenvalue weighted by Gasteiger charge is 2.12. The van der Waals surface area contributed by atoms with Crippen LogP contribution >= 0.6 is 0 Å². The summed E-state index contributed by atoms with van der Waals surface area (Å²) in [6.07, 6.45) is 3.34. The predicted molar refractivity (Wildman–Crippen MR) is 83.8 cm³/mol. The van der Waals surface area contributed by atoms with E-state index in [2.05, 4.69) is 34.2 Å². The molecule has 5 heteroatoms. The van der Waals surface area contributed by atoms with E-state index in [1.54, 1.807) is 12.7 Å². The Kier molecular flexibility index (Phi) is 2.79. The molecule has 2 aromatic heterocycles. The molecular formula is C17H14N4O. The molecule has 108 valence electrons. The average Bonchev–Trinajstić information content (AvgIpc) is 3.17. The smallest absolute Gasteiger partial charge is 0.227 e. The summed E-state index contributed by atoms with van der Waals surface area (Å²) in [5.41, 5.74) is 5.84. The van der Waals surface area contributed by atoms with E-state index in [9.17, 15) is 0 Å². The van der Waals surface area contributed by atoms with E-state index in [-0.39, 0.29) is 0 Å². The summed E-state index contributed by atoms with van der Waals surface area (Å²) in [6.45, 7) is 4.08. The van der Waals surface area contributed by atoms with Crippen LogP contribution in [0.5, 0.6) is 0 Å². The summed E-state index contributed by atoms with van der Waals surface area (Å²) >= 11 is 0. The first kappa shape index (κ1) is 12.8. The quantitative estimate of drug-likeness (QED) is 0.565. The van der Waals surface area contributed by atoms with Gasteiger partial charge in [0.1, 0.15) is 18.2 Å². The summed E-state index contributed by atoms with van der Waals surface area (Å²) < 4.78 is 7.80. The average molecular weight is 290 g/mol. The zero-order valence-electron chi connectivity index (χ0n) is 12.3. The molecule has 0 saturated heterocycles. The van der Waals surface area contributed by atoms with Gasteiger partial charge in [-0.25, -0.2) is 4.98 Å². The van der Waals surface area contributed by atoms with Crippen LogP contribution in [0.2, 0.25) is 0 Å². The fourth-order valence-corrected chi connectivity index (χ4v) is 2.48. The second-order valence-electron chi connectivity index (χ2n) is 5.37. The highest BCUT2D eigenvalue weighted by atomic mass is 16.3. The lowest BCUT2D eigenvalue weighted by atomic mass is 10.1. The number of benzene rings is 2. The Morgan fingerprint density at radius 1 is 0.955 bits per heavy atom. The largest absolute Gasteiger partial charge is 0.436 e.